The zero-order chi connectivity index (χ0) is 23.3. The normalized spacial score (nSPS) is 10.3. The maximum Gasteiger partial charge on any atom is 0.172 e. The summed E-state index contributed by atoms with van der Waals surface area (Å²) < 4.78 is 15.9. The lowest BCUT2D eigenvalue weighted by Gasteiger charge is -2.05. The van der Waals surface area contributed by atoms with Crippen molar-refractivity contribution in [2.75, 3.05) is 26.4 Å². The topological polar surface area (TPSA) is 26.2 Å². The number of aromatic nitrogens is 2. The first-order valence-corrected chi connectivity index (χ1v) is 12.0. The second kappa shape index (κ2) is 17.1. The van der Waals surface area contributed by atoms with Gasteiger partial charge in [-0.15, -0.1) is 0 Å². The van der Waals surface area contributed by atoms with Crippen molar-refractivity contribution in [2.45, 2.75) is 25.9 Å². The number of pyridine rings is 2. The first kappa shape index (κ1) is 29.8. The van der Waals surface area contributed by atoms with Crippen LogP contribution < -0.4 is 43.1 Å². The van der Waals surface area contributed by atoms with Crippen molar-refractivity contribution in [3.05, 3.63) is 132 Å². The summed E-state index contributed by atoms with van der Waals surface area (Å²) in [5.41, 5.74) is 5.27. The molecule has 0 aliphatic rings. The molecule has 4 aromatic rings. The summed E-state index contributed by atoms with van der Waals surface area (Å²) in [5.74, 6) is 0. The van der Waals surface area contributed by atoms with Crippen molar-refractivity contribution in [3.63, 3.8) is 0 Å². The van der Waals surface area contributed by atoms with Gasteiger partial charge in [-0.25, -0.2) is 9.13 Å². The summed E-state index contributed by atoms with van der Waals surface area (Å²) in [5, 5.41) is 0. The van der Waals surface area contributed by atoms with Crippen molar-refractivity contribution in [1.82, 2.24) is 0 Å². The van der Waals surface area contributed by atoms with Crippen LogP contribution in [-0.4, -0.2) is 26.4 Å². The van der Waals surface area contributed by atoms with E-state index in [1.807, 2.05) is 0 Å². The van der Waals surface area contributed by atoms with Gasteiger partial charge in [0.15, 0.2) is 37.9 Å². The molecule has 36 heavy (non-hydrogen) atoms. The molecule has 0 fully saturated rings. The Kier molecular flexibility index (Phi) is 14.2. The second-order valence-corrected chi connectivity index (χ2v) is 8.45. The van der Waals surface area contributed by atoms with Gasteiger partial charge in [0.1, 0.15) is 13.2 Å². The zero-order valence-corrected chi connectivity index (χ0v) is 23.7. The highest BCUT2D eigenvalue weighted by Crippen LogP contribution is 2.07. The molecule has 0 spiro atoms. The molecule has 4 rings (SSSR count). The van der Waals surface area contributed by atoms with Gasteiger partial charge >= 0.3 is 0 Å². The molecule has 0 amide bonds. The van der Waals surface area contributed by atoms with Crippen LogP contribution in [0.1, 0.15) is 22.3 Å². The molecule has 0 N–H and O–H groups in total. The molecule has 0 atom stereocenters. The van der Waals surface area contributed by atoms with Gasteiger partial charge < -0.3 is 43.4 Å². The molecule has 0 saturated heterocycles. The standard InChI is InChI=1S/C30H34N2O2.2BrH/c1-3-9-27(10-4-1)23-29-13-7-15-31(25-29)17-19-33-21-22-34-20-18-32-16-8-14-30(26-32)24-28-11-5-2-6-12-28;;/h1-16,25-26H,17-24H2;2*1H/q+2;;/p-2. The van der Waals surface area contributed by atoms with Gasteiger partial charge in [-0.3, -0.25) is 0 Å². The number of ether oxygens (including phenoxy) is 2. The fourth-order valence-electron chi connectivity index (χ4n) is 3.96. The zero-order valence-electron chi connectivity index (χ0n) is 20.5. The third kappa shape index (κ3) is 10.7. The van der Waals surface area contributed by atoms with Crippen LogP contribution in [0, 0.1) is 0 Å². The maximum atomic E-state index is 5.78. The van der Waals surface area contributed by atoms with Crippen molar-refractivity contribution in [3.8, 4) is 0 Å². The summed E-state index contributed by atoms with van der Waals surface area (Å²) in [6, 6.07) is 29.7. The average molecular weight is 614 g/mol. The predicted molar refractivity (Wildman–Crippen MR) is 133 cm³/mol. The van der Waals surface area contributed by atoms with Crippen LogP contribution in [-0.2, 0) is 35.4 Å². The number of rotatable bonds is 13. The van der Waals surface area contributed by atoms with Gasteiger partial charge in [0.25, 0.3) is 0 Å². The molecule has 0 aliphatic carbocycles. The number of hydrogen-bond donors (Lipinski definition) is 0. The summed E-state index contributed by atoms with van der Waals surface area (Å²) in [7, 11) is 0. The minimum Gasteiger partial charge on any atom is -1.00 e. The van der Waals surface area contributed by atoms with E-state index in [4.69, 9.17) is 9.47 Å². The highest BCUT2D eigenvalue weighted by atomic mass is 79.9. The number of halogens is 2. The Hall–Kier alpha value is -2.38. The fourth-order valence-corrected chi connectivity index (χ4v) is 3.96. The van der Waals surface area contributed by atoms with Crippen LogP contribution >= 0.6 is 0 Å². The van der Waals surface area contributed by atoms with E-state index in [-0.39, 0.29) is 34.0 Å². The largest absolute Gasteiger partial charge is 1.00 e. The third-order valence-corrected chi connectivity index (χ3v) is 5.70. The first-order chi connectivity index (χ1) is 16.8. The monoisotopic (exact) mass is 612 g/mol. The molecule has 2 aromatic carbocycles. The smallest absolute Gasteiger partial charge is 0.172 e. The molecule has 0 unspecified atom stereocenters. The van der Waals surface area contributed by atoms with E-state index in [1.54, 1.807) is 0 Å². The summed E-state index contributed by atoms with van der Waals surface area (Å²) in [6.45, 7) is 4.27. The highest BCUT2D eigenvalue weighted by molar-refractivity contribution is 5.23. The Balaban J connectivity index is 0.00000228. The van der Waals surface area contributed by atoms with Gasteiger partial charge in [-0.2, -0.15) is 0 Å². The van der Waals surface area contributed by atoms with E-state index in [1.165, 1.54) is 22.3 Å². The van der Waals surface area contributed by atoms with Gasteiger partial charge in [0, 0.05) is 36.1 Å². The van der Waals surface area contributed by atoms with Gasteiger partial charge in [-0.05, 0) is 23.3 Å². The molecular weight excluding hydrogens is 580 g/mol. The molecule has 0 saturated carbocycles. The third-order valence-electron chi connectivity index (χ3n) is 5.70. The summed E-state index contributed by atoms with van der Waals surface area (Å²) in [6.07, 6.45) is 10.5. The Bertz CT molecular complexity index is 1040. The molecule has 2 heterocycles. The Labute approximate surface area is 236 Å². The van der Waals surface area contributed by atoms with E-state index in [2.05, 4.69) is 119 Å². The minimum atomic E-state index is 0. The van der Waals surface area contributed by atoms with Crippen molar-refractivity contribution >= 4 is 0 Å². The Morgan fingerprint density at radius 1 is 0.444 bits per heavy atom. The van der Waals surface area contributed by atoms with Crippen molar-refractivity contribution in [2.24, 2.45) is 0 Å². The Morgan fingerprint density at radius 3 is 1.25 bits per heavy atom. The molecule has 0 radical (unpaired) electrons. The van der Waals surface area contributed by atoms with Crippen LogP contribution in [0.4, 0.5) is 0 Å². The highest BCUT2D eigenvalue weighted by Gasteiger charge is 2.06. The SMILES string of the molecule is [Br-].[Br-].c1ccc(Cc2ccc[n+](CCOCCOCC[n+]3cccc(Cc4ccccc4)c3)c2)cc1. The molecular formula is C30H34Br2N2O2. The van der Waals surface area contributed by atoms with E-state index in [0.717, 1.165) is 25.9 Å². The van der Waals surface area contributed by atoms with E-state index in [9.17, 15) is 0 Å². The molecule has 6 heteroatoms. The lowest BCUT2D eigenvalue weighted by Crippen LogP contribution is -3.00. The molecule has 2 aromatic heterocycles. The maximum absolute atomic E-state index is 5.78. The summed E-state index contributed by atoms with van der Waals surface area (Å²) >= 11 is 0. The van der Waals surface area contributed by atoms with Gasteiger partial charge in [0.05, 0.1) is 13.2 Å². The van der Waals surface area contributed by atoms with E-state index < -0.39 is 0 Å². The lowest BCUT2D eigenvalue weighted by molar-refractivity contribution is -0.699. The van der Waals surface area contributed by atoms with Gasteiger partial charge in [0.2, 0.25) is 0 Å². The summed E-state index contributed by atoms with van der Waals surface area (Å²) in [4.78, 5) is 0. The number of hydrogen-bond acceptors (Lipinski definition) is 2. The predicted octanol–water partition coefficient (Wildman–Crippen LogP) is -1.82. The lowest BCUT2D eigenvalue weighted by atomic mass is 10.1. The van der Waals surface area contributed by atoms with Crippen molar-refractivity contribution < 1.29 is 52.6 Å². The average Bonchev–Trinajstić information content (AvgIpc) is 2.87. The van der Waals surface area contributed by atoms with E-state index in [0.29, 0.717) is 26.4 Å². The van der Waals surface area contributed by atoms with Crippen LogP contribution in [0.25, 0.3) is 0 Å². The quantitative estimate of drug-likeness (QED) is 0.131. The van der Waals surface area contributed by atoms with Crippen molar-refractivity contribution in [1.29, 1.82) is 0 Å². The molecule has 0 bridgehead atoms. The molecule has 0 aliphatic heterocycles. The van der Waals surface area contributed by atoms with Gasteiger partial charge in [-0.1, -0.05) is 60.7 Å². The van der Waals surface area contributed by atoms with E-state index >= 15 is 0 Å². The second-order valence-electron chi connectivity index (χ2n) is 8.45. The fraction of sp³-hybridized carbons (Fsp3) is 0.267. The Morgan fingerprint density at radius 2 is 0.833 bits per heavy atom. The molecule has 190 valence electrons. The van der Waals surface area contributed by atoms with Crippen LogP contribution in [0.3, 0.4) is 0 Å². The van der Waals surface area contributed by atoms with Crippen LogP contribution in [0.5, 0.6) is 0 Å². The first-order valence-electron chi connectivity index (χ1n) is 12.0. The minimum absolute atomic E-state index is 0. The van der Waals surface area contributed by atoms with Crippen LogP contribution in [0.2, 0.25) is 0 Å². The number of benzene rings is 2. The number of nitrogens with zero attached hydrogens (tertiary/aromatic N) is 2. The molecule has 4 nitrogen and oxygen atoms in total. The van der Waals surface area contributed by atoms with Crippen LogP contribution in [0.15, 0.2) is 110 Å².